The SMILES string of the molecule is COC(=O)C1CC(=O)N(CCCOCCOCCCN2CC(C=O)CC2=O)C1. The van der Waals surface area contributed by atoms with Crippen LogP contribution in [0.15, 0.2) is 0 Å². The number of ether oxygens (including phenoxy) is 3. The van der Waals surface area contributed by atoms with Crippen molar-refractivity contribution < 1.29 is 33.4 Å². The van der Waals surface area contributed by atoms with Crippen LogP contribution >= 0.6 is 0 Å². The molecule has 0 N–H and O–H groups in total. The quantitative estimate of drug-likeness (QED) is 0.242. The lowest BCUT2D eigenvalue weighted by atomic mass is 10.1. The molecule has 2 amide bonds. The minimum absolute atomic E-state index is 0.0188. The first kappa shape index (κ1) is 22.3. The second-order valence-electron chi connectivity index (χ2n) is 7.14. The van der Waals surface area contributed by atoms with E-state index in [1.165, 1.54) is 7.11 Å². The molecule has 2 aliphatic rings. The third-order valence-electron chi connectivity index (χ3n) is 4.99. The molecular formula is C19H30N2O7. The van der Waals surface area contributed by atoms with Gasteiger partial charge in [0.1, 0.15) is 6.29 Å². The van der Waals surface area contributed by atoms with E-state index < -0.39 is 0 Å². The first-order chi connectivity index (χ1) is 13.5. The highest BCUT2D eigenvalue weighted by atomic mass is 16.5. The fraction of sp³-hybridized carbons (Fsp3) is 0.789. The van der Waals surface area contributed by atoms with Crippen LogP contribution in [0.4, 0.5) is 0 Å². The monoisotopic (exact) mass is 398 g/mol. The molecule has 2 heterocycles. The summed E-state index contributed by atoms with van der Waals surface area (Å²) in [5.74, 6) is -0.831. The Labute approximate surface area is 165 Å². The van der Waals surface area contributed by atoms with E-state index in [1.807, 2.05) is 0 Å². The Morgan fingerprint density at radius 2 is 1.54 bits per heavy atom. The zero-order valence-electron chi connectivity index (χ0n) is 16.5. The Kier molecular flexibility index (Phi) is 9.36. The predicted octanol–water partition coefficient (Wildman–Crippen LogP) is -0.131. The number of hydrogen-bond donors (Lipinski definition) is 0. The summed E-state index contributed by atoms with van der Waals surface area (Å²) < 4.78 is 15.7. The van der Waals surface area contributed by atoms with Crippen molar-refractivity contribution in [2.24, 2.45) is 11.8 Å². The molecule has 0 spiro atoms. The maximum absolute atomic E-state index is 11.8. The number of hydrogen-bond acceptors (Lipinski definition) is 7. The van der Waals surface area contributed by atoms with Gasteiger partial charge in [-0.3, -0.25) is 14.4 Å². The van der Waals surface area contributed by atoms with Gasteiger partial charge in [0.2, 0.25) is 11.8 Å². The fourth-order valence-corrected chi connectivity index (χ4v) is 3.46. The van der Waals surface area contributed by atoms with Crippen LogP contribution in [-0.4, -0.2) is 93.6 Å². The van der Waals surface area contributed by atoms with E-state index in [0.717, 1.165) is 12.7 Å². The molecule has 0 aromatic heterocycles. The summed E-state index contributed by atoms with van der Waals surface area (Å²) in [5, 5.41) is 0. The van der Waals surface area contributed by atoms with Gasteiger partial charge >= 0.3 is 5.97 Å². The molecule has 2 saturated heterocycles. The van der Waals surface area contributed by atoms with Crippen LogP contribution in [0.1, 0.15) is 25.7 Å². The minimum Gasteiger partial charge on any atom is -0.469 e. The molecule has 9 heteroatoms. The van der Waals surface area contributed by atoms with Gasteiger partial charge in [0.05, 0.1) is 26.2 Å². The Morgan fingerprint density at radius 3 is 2.07 bits per heavy atom. The topological polar surface area (TPSA) is 102 Å². The molecule has 2 fully saturated rings. The molecule has 0 aliphatic carbocycles. The average molecular weight is 398 g/mol. The second-order valence-corrected chi connectivity index (χ2v) is 7.14. The lowest BCUT2D eigenvalue weighted by Crippen LogP contribution is -2.28. The van der Waals surface area contributed by atoms with Gasteiger partial charge < -0.3 is 28.8 Å². The van der Waals surface area contributed by atoms with Gasteiger partial charge in [-0.1, -0.05) is 0 Å². The summed E-state index contributed by atoms with van der Waals surface area (Å²) in [5.41, 5.74) is 0. The van der Waals surface area contributed by atoms with Crippen molar-refractivity contribution in [2.75, 3.05) is 59.7 Å². The van der Waals surface area contributed by atoms with Crippen molar-refractivity contribution in [1.82, 2.24) is 9.80 Å². The number of rotatable bonds is 13. The maximum Gasteiger partial charge on any atom is 0.310 e. The second kappa shape index (κ2) is 11.8. The fourth-order valence-electron chi connectivity index (χ4n) is 3.46. The number of amides is 2. The van der Waals surface area contributed by atoms with Crippen molar-refractivity contribution >= 4 is 24.1 Å². The van der Waals surface area contributed by atoms with E-state index >= 15 is 0 Å². The van der Waals surface area contributed by atoms with Gasteiger partial charge in [0.25, 0.3) is 0 Å². The number of methoxy groups -OCH3 is 1. The van der Waals surface area contributed by atoms with Gasteiger partial charge in [0.15, 0.2) is 0 Å². The molecule has 28 heavy (non-hydrogen) atoms. The normalized spacial score (nSPS) is 22.2. The summed E-state index contributed by atoms with van der Waals surface area (Å²) in [7, 11) is 1.33. The van der Waals surface area contributed by atoms with Crippen LogP contribution in [0, 0.1) is 11.8 Å². The predicted molar refractivity (Wildman–Crippen MR) is 98.3 cm³/mol. The number of esters is 1. The van der Waals surface area contributed by atoms with Crippen LogP contribution in [0.2, 0.25) is 0 Å². The summed E-state index contributed by atoms with van der Waals surface area (Å²) in [6, 6.07) is 0. The van der Waals surface area contributed by atoms with E-state index in [9.17, 15) is 19.2 Å². The zero-order valence-corrected chi connectivity index (χ0v) is 16.5. The van der Waals surface area contributed by atoms with Crippen LogP contribution < -0.4 is 0 Å². The van der Waals surface area contributed by atoms with E-state index in [2.05, 4.69) is 4.74 Å². The Bertz CT molecular complexity index is 554. The number of nitrogens with zero attached hydrogens (tertiary/aromatic N) is 2. The van der Waals surface area contributed by atoms with E-state index in [4.69, 9.17) is 9.47 Å². The highest BCUT2D eigenvalue weighted by Gasteiger charge is 2.34. The third-order valence-corrected chi connectivity index (χ3v) is 4.99. The third kappa shape index (κ3) is 6.87. The maximum atomic E-state index is 11.8. The van der Waals surface area contributed by atoms with Crippen LogP contribution in [0.3, 0.4) is 0 Å². The smallest absolute Gasteiger partial charge is 0.310 e. The molecular weight excluding hydrogens is 368 g/mol. The Morgan fingerprint density at radius 1 is 0.964 bits per heavy atom. The van der Waals surface area contributed by atoms with Crippen molar-refractivity contribution in [1.29, 1.82) is 0 Å². The first-order valence-corrected chi connectivity index (χ1v) is 9.79. The molecule has 9 nitrogen and oxygen atoms in total. The van der Waals surface area contributed by atoms with Gasteiger partial charge in [-0.2, -0.15) is 0 Å². The van der Waals surface area contributed by atoms with Crippen LogP contribution in [0.25, 0.3) is 0 Å². The Balaban J connectivity index is 1.41. The van der Waals surface area contributed by atoms with Gasteiger partial charge in [-0.05, 0) is 12.8 Å². The molecule has 0 bridgehead atoms. The molecule has 2 atom stereocenters. The van der Waals surface area contributed by atoms with Crippen molar-refractivity contribution in [3.05, 3.63) is 0 Å². The number of carbonyl (C=O) groups is 4. The number of likely N-dealkylation sites (tertiary alicyclic amines) is 2. The molecule has 0 aromatic carbocycles. The van der Waals surface area contributed by atoms with Crippen molar-refractivity contribution in [2.45, 2.75) is 25.7 Å². The minimum atomic E-state index is -0.355. The van der Waals surface area contributed by atoms with Gasteiger partial charge in [-0.15, -0.1) is 0 Å². The van der Waals surface area contributed by atoms with E-state index in [1.54, 1.807) is 9.80 Å². The first-order valence-electron chi connectivity index (χ1n) is 9.79. The standard InChI is InChI=1S/C19H30N2O7/c1-26-19(25)16-11-18(24)21(13-16)5-3-7-28-9-8-27-6-2-4-20-12-15(14-22)10-17(20)23/h14-16H,2-13H2,1H3. The molecule has 2 rings (SSSR count). The van der Waals surface area contributed by atoms with Crippen molar-refractivity contribution in [3.63, 3.8) is 0 Å². The van der Waals surface area contributed by atoms with Gasteiger partial charge in [-0.25, -0.2) is 0 Å². The zero-order chi connectivity index (χ0) is 20.4. The summed E-state index contributed by atoms with van der Waals surface area (Å²) >= 11 is 0. The average Bonchev–Trinajstić information content (AvgIpc) is 3.24. The summed E-state index contributed by atoms with van der Waals surface area (Å²) in [4.78, 5) is 49.1. The van der Waals surface area contributed by atoms with Crippen LogP contribution in [-0.2, 0) is 33.4 Å². The number of carbonyl (C=O) groups excluding carboxylic acids is 4. The molecule has 2 unspecified atom stereocenters. The summed E-state index contributed by atoms with van der Waals surface area (Å²) in [6.45, 7) is 4.11. The molecule has 2 aliphatic heterocycles. The van der Waals surface area contributed by atoms with E-state index in [-0.39, 0.29) is 36.0 Å². The number of aldehydes is 1. The molecule has 0 saturated carbocycles. The van der Waals surface area contributed by atoms with Gasteiger partial charge in [0, 0.05) is 58.2 Å². The molecule has 0 radical (unpaired) electrons. The lowest BCUT2D eigenvalue weighted by molar-refractivity contribution is -0.145. The van der Waals surface area contributed by atoms with Crippen molar-refractivity contribution in [3.8, 4) is 0 Å². The van der Waals surface area contributed by atoms with E-state index in [0.29, 0.717) is 65.4 Å². The van der Waals surface area contributed by atoms with Crippen LogP contribution in [0.5, 0.6) is 0 Å². The highest BCUT2D eigenvalue weighted by molar-refractivity contribution is 5.86. The summed E-state index contributed by atoms with van der Waals surface area (Å²) in [6.07, 6.45) is 2.83. The largest absolute Gasteiger partial charge is 0.469 e. The highest BCUT2D eigenvalue weighted by Crippen LogP contribution is 2.19. The lowest BCUT2D eigenvalue weighted by Gasteiger charge is -2.16. The molecule has 158 valence electrons. The molecule has 0 aromatic rings. The Hall–Kier alpha value is -2.00.